The van der Waals surface area contributed by atoms with E-state index in [-0.39, 0.29) is 37.7 Å². The van der Waals surface area contributed by atoms with Crippen LogP contribution in [0.3, 0.4) is 0 Å². The van der Waals surface area contributed by atoms with Gasteiger partial charge in [0.1, 0.15) is 0 Å². The Morgan fingerprint density at radius 1 is 1.27 bits per heavy atom. The molecule has 0 atom stereocenters. The molecule has 0 fully saturated rings. The Labute approximate surface area is 102 Å². The van der Waals surface area contributed by atoms with E-state index in [4.69, 9.17) is 0 Å². The van der Waals surface area contributed by atoms with E-state index in [1.165, 1.54) is 4.90 Å². The van der Waals surface area contributed by atoms with Gasteiger partial charge in [0, 0.05) is 10.6 Å². The standard InChI is InChI=1S/C9H10S.Ca.2H/c1-2-8-10-9-6-4-3-5-7-9;;;/h2-7H,1,8H2;;;. The van der Waals surface area contributed by atoms with E-state index in [1.54, 1.807) is 11.8 Å². The summed E-state index contributed by atoms with van der Waals surface area (Å²) >= 11 is 1.80. The molecule has 0 aliphatic rings. The number of rotatable bonds is 3. The molecule has 0 heterocycles. The number of hydrogen-bond acceptors (Lipinski definition) is 1. The first-order valence-electron chi connectivity index (χ1n) is 3.22. The summed E-state index contributed by atoms with van der Waals surface area (Å²) in [7, 11) is 0. The number of benzene rings is 1. The third-order valence-electron chi connectivity index (χ3n) is 1.11. The van der Waals surface area contributed by atoms with Crippen molar-refractivity contribution in [2.24, 2.45) is 0 Å². The first-order chi connectivity index (χ1) is 4.93. The zero-order valence-electron chi connectivity index (χ0n) is 5.79. The van der Waals surface area contributed by atoms with Crippen LogP contribution in [0.5, 0.6) is 0 Å². The molecular weight excluding hydrogens is 180 g/mol. The van der Waals surface area contributed by atoms with E-state index in [0.717, 1.165) is 5.75 Å². The van der Waals surface area contributed by atoms with Crippen molar-refractivity contribution < 1.29 is 0 Å². The Morgan fingerprint density at radius 2 is 1.91 bits per heavy atom. The number of thioether (sulfide) groups is 1. The first-order valence-corrected chi connectivity index (χ1v) is 4.21. The fourth-order valence-corrected chi connectivity index (χ4v) is 1.33. The normalized spacial score (nSPS) is 8.36. The zero-order chi connectivity index (χ0) is 7.23. The van der Waals surface area contributed by atoms with Gasteiger partial charge in [0.15, 0.2) is 0 Å². The van der Waals surface area contributed by atoms with Crippen LogP contribution in [0.1, 0.15) is 0 Å². The molecular formula is C9H12CaS. The quantitative estimate of drug-likeness (QED) is 0.401. The fraction of sp³-hybridized carbons (Fsp3) is 0.111. The van der Waals surface area contributed by atoms with Crippen LogP contribution in [0.4, 0.5) is 0 Å². The van der Waals surface area contributed by atoms with E-state index in [0.29, 0.717) is 0 Å². The Morgan fingerprint density at radius 3 is 2.45 bits per heavy atom. The second-order valence-corrected chi connectivity index (χ2v) is 3.01. The molecule has 0 spiro atoms. The Kier molecular flexibility index (Phi) is 7.61. The van der Waals surface area contributed by atoms with Crippen molar-refractivity contribution in [2.75, 3.05) is 5.75 Å². The summed E-state index contributed by atoms with van der Waals surface area (Å²) in [5.41, 5.74) is 0. The molecule has 0 saturated heterocycles. The van der Waals surface area contributed by atoms with E-state index in [2.05, 4.69) is 18.7 Å². The molecule has 1 aromatic carbocycles. The van der Waals surface area contributed by atoms with Crippen molar-refractivity contribution >= 4 is 49.5 Å². The van der Waals surface area contributed by atoms with Crippen LogP contribution in [0, 0.1) is 0 Å². The molecule has 0 radical (unpaired) electrons. The fourth-order valence-electron chi connectivity index (χ4n) is 0.672. The van der Waals surface area contributed by atoms with Gasteiger partial charge in [-0.05, 0) is 12.1 Å². The second kappa shape index (κ2) is 7.23. The molecule has 0 saturated carbocycles. The zero-order valence-corrected chi connectivity index (χ0v) is 6.60. The topological polar surface area (TPSA) is 0 Å². The van der Waals surface area contributed by atoms with Crippen LogP contribution in [-0.4, -0.2) is 43.5 Å². The van der Waals surface area contributed by atoms with Crippen LogP contribution in [0.15, 0.2) is 47.9 Å². The molecule has 0 aromatic heterocycles. The van der Waals surface area contributed by atoms with Crippen molar-refractivity contribution in [3.63, 3.8) is 0 Å². The van der Waals surface area contributed by atoms with Gasteiger partial charge < -0.3 is 0 Å². The van der Waals surface area contributed by atoms with Crippen molar-refractivity contribution in [3.8, 4) is 0 Å². The average molecular weight is 192 g/mol. The van der Waals surface area contributed by atoms with Gasteiger partial charge in [-0.1, -0.05) is 24.3 Å². The molecule has 0 unspecified atom stereocenters. The van der Waals surface area contributed by atoms with Gasteiger partial charge in [-0.2, -0.15) is 0 Å². The molecule has 1 aromatic rings. The summed E-state index contributed by atoms with van der Waals surface area (Å²) in [5.74, 6) is 0.990. The third kappa shape index (κ3) is 4.91. The SMILES string of the molecule is C=CCSc1ccccc1.[CaH2]. The van der Waals surface area contributed by atoms with Gasteiger partial charge in [-0.15, -0.1) is 18.3 Å². The van der Waals surface area contributed by atoms with E-state index < -0.39 is 0 Å². The van der Waals surface area contributed by atoms with Gasteiger partial charge in [-0.3, -0.25) is 0 Å². The van der Waals surface area contributed by atoms with Crippen LogP contribution in [0.2, 0.25) is 0 Å². The molecule has 1 rings (SSSR count). The summed E-state index contributed by atoms with van der Waals surface area (Å²) in [6, 6.07) is 10.3. The molecule has 0 amide bonds. The van der Waals surface area contributed by atoms with E-state index >= 15 is 0 Å². The minimum absolute atomic E-state index is 0. The molecule has 0 N–H and O–H groups in total. The van der Waals surface area contributed by atoms with Crippen molar-refractivity contribution in [1.29, 1.82) is 0 Å². The van der Waals surface area contributed by atoms with Crippen LogP contribution < -0.4 is 0 Å². The van der Waals surface area contributed by atoms with Crippen LogP contribution in [0.25, 0.3) is 0 Å². The predicted octanol–water partition coefficient (Wildman–Crippen LogP) is 2.05. The maximum absolute atomic E-state index is 3.65. The van der Waals surface area contributed by atoms with E-state index in [9.17, 15) is 0 Å². The van der Waals surface area contributed by atoms with Gasteiger partial charge in [0.05, 0.1) is 0 Å². The van der Waals surface area contributed by atoms with Gasteiger partial charge in [-0.25, -0.2) is 0 Å². The molecule has 0 bridgehead atoms. The first kappa shape index (κ1) is 11.6. The summed E-state index contributed by atoms with van der Waals surface area (Å²) in [6.45, 7) is 3.65. The third-order valence-corrected chi connectivity index (χ3v) is 2.12. The maximum atomic E-state index is 3.65. The molecule has 2 heteroatoms. The molecule has 56 valence electrons. The summed E-state index contributed by atoms with van der Waals surface area (Å²) in [5, 5.41) is 0. The molecule has 11 heavy (non-hydrogen) atoms. The van der Waals surface area contributed by atoms with Gasteiger partial charge >= 0.3 is 37.7 Å². The van der Waals surface area contributed by atoms with Gasteiger partial charge in [0.25, 0.3) is 0 Å². The van der Waals surface area contributed by atoms with Crippen LogP contribution in [-0.2, 0) is 0 Å². The molecule has 0 aliphatic heterocycles. The van der Waals surface area contributed by atoms with Crippen LogP contribution >= 0.6 is 11.8 Å². The average Bonchev–Trinajstić information content (AvgIpc) is 2.03. The Hall–Kier alpha value is 0.570. The molecule has 0 nitrogen and oxygen atoms in total. The minimum atomic E-state index is 0. The Bertz CT molecular complexity index is 196. The predicted molar refractivity (Wildman–Crippen MR) is 55.9 cm³/mol. The monoisotopic (exact) mass is 192 g/mol. The van der Waals surface area contributed by atoms with E-state index in [1.807, 2.05) is 24.3 Å². The van der Waals surface area contributed by atoms with Crippen molar-refractivity contribution in [3.05, 3.63) is 43.0 Å². The number of hydrogen-bond donors (Lipinski definition) is 0. The van der Waals surface area contributed by atoms with Crippen molar-refractivity contribution in [2.45, 2.75) is 4.90 Å². The second-order valence-electron chi connectivity index (χ2n) is 1.91. The Balaban J connectivity index is 0.000001000. The van der Waals surface area contributed by atoms with Gasteiger partial charge in [0.2, 0.25) is 0 Å². The summed E-state index contributed by atoms with van der Waals surface area (Å²) in [6.07, 6.45) is 1.91. The van der Waals surface area contributed by atoms with Crippen molar-refractivity contribution in [1.82, 2.24) is 0 Å². The summed E-state index contributed by atoms with van der Waals surface area (Å²) in [4.78, 5) is 1.31. The summed E-state index contributed by atoms with van der Waals surface area (Å²) < 4.78 is 0. The molecule has 0 aliphatic carbocycles.